The zero-order valence-corrected chi connectivity index (χ0v) is 15.8. The number of rotatable bonds is 7. The summed E-state index contributed by atoms with van der Waals surface area (Å²) < 4.78 is 0. The summed E-state index contributed by atoms with van der Waals surface area (Å²) in [7, 11) is 0. The molecule has 0 saturated carbocycles. The minimum atomic E-state index is 0.0264. The normalized spacial score (nSPS) is 11.3. The van der Waals surface area contributed by atoms with E-state index in [-0.39, 0.29) is 11.9 Å². The van der Waals surface area contributed by atoms with Gasteiger partial charge in [0.2, 0.25) is 0 Å². The summed E-state index contributed by atoms with van der Waals surface area (Å²) in [4.78, 5) is 13.8. The Morgan fingerprint density at radius 2 is 1.50 bits per heavy atom. The lowest BCUT2D eigenvalue weighted by atomic mass is 9.93. The summed E-state index contributed by atoms with van der Waals surface area (Å²) in [6, 6.07) is 18.4. The van der Waals surface area contributed by atoms with Crippen LogP contribution in [0.2, 0.25) is 0 Å². The Bertz CT molecular complexity index is 644. The van der Waals surface area contributed by atoms with Gasteiger partial charge in [-0.15, -0.1) is 11.8 Å². The zero-order valence-electron chi connectivity index (χ0n) is 15.0. The van der Waals surface area contributed by atoms with Crippen LogP contribution in [0.4, 0.5) is 0 Å². The molecule has 0 aromatic heterocycles. The van der Waals surface area contributed by atoms with E-state index in [1.807, 2.05) is 42.5 Å². The number of carbonyl (C=O) groups is 1. The molecule has 2 rings (SSSR count). The maximum Gasteiger partial charge on any atom is 0.252 e. The zero-order chi connectivity index (χ0) is 17.5. The highest BCUT2D eigenvalue weighted by molar-refractivity contribution is 7.98. The lowest BCUT2D eigenvalue weighted by molar-refractivity contribution is 0.0907. The Morgan fingerprint density at radius 1 is 0.917 bits per heavy atom. The van der Waals surface area contributed by atoms with E-state index in [0.29, 0.717) is 11.8 Å². The van der Waals surface area contributed by atoms with E-state index in [2.05, 4.69) is 45.1 Å². The molecule has 0 spiro atoms. The maximum absolute atomic E-state index is 12.8. The van der Waals surface area contributed by atoms with Gasteiger partial charge in [-0.2, -0.15) is 0 Å². The van der Waals surface area contributed by atoms with Gasteiger partial charge in [-0.05, 0) is 29.5 Å². The van der Waals surface area contributed by atoms with Crippen molar-refractivity contribution >= 4 is 17.7 Å². The summed E-state index contributed by atoms with van der Waals surface area (Å²) in [6.07, 6.45) is 0. The van der Waals surface area contributed by atoms with Gasteiger partial charge in [0.25, 0.3) is 5.91 Å². The molecule has 0 bridgehead atoms. The third-order valence-corrected chi connectivity index (χ3v) is 5.25. The first kappa shape index (κ1) is 18.6. The average Bonchev–Trinajstić information content (AvgIpc) is 2.58. The molecule has 0 aliphatic rings. The molecule has 0 saturated heterocycles. The van der Waals surface area contributed by atoms with Gasteiger partial charge in [-0.3, -0.25) is 4.79 Å². The molecule has 2 nitrogen and oxygen atoms in total. The lowest BCUT2D eigenvalue weighted by Crippen LogP contribution is -2.42. The van der Waals surface area contributed by atoms with Gasteiger partial charge in [0.15, 0.2) is 0 Å². The molecule has 0 fully saturated rings. The van der Waals surface area contributed by atoms with E-state index in [4.69, 9.17) is 0 Å². The van der Waals surface area contributed by atoms with Crippen LogP contribution < -0.4 is 5.32 Å². The highest BCUT2D eigenvalue weighted by Gasteiger charge is 2.21. The first-order chi connectivity index (χ1) is 11.5. The Hall–Kier alpha value is -1.74. The summed E-state index contributed by atoms with van der Waals surface area (Å²) in [5, 5.41) is 3.22. The Labute approximate surface area is 150 Å². The van der Waals surface area contributed by atoms with E-state index < -0.39 is 0 Å². The summed E-state index contributed by atoms with van der Waals surface area (Å²) in [5.74, 6) is 1.72. The van der Waals surface area contributed by atoms with Gasteiger partial charge in [0.1, 0.15) is 0 Å². The number of thioether (sulfide) groups is 1. The standard InChI is InChI=1S/C21H27NOS/c1-15(2)20(16(3)4)22-21(23)18-12-8-9-13-19(18)24-14-17-10-6-5-7-11-17/h5-13,15-16,20H,14H2,1-4H3,(H,22,23). The van der Waals surface area contributed by atoms with Gasteiger partial charge in [0.05, 0.1) is 5.56 Å². The van der Waals surface area contributed by atoms with Gasteiger partial charge >= 0.3 is 0 Å². The molecule has 1 amide bonds. The Morgan fingerprint density at radius 3 is 2.12 bits per heavy atom. The number of hydrogen-bond acceptors (Lipinski definition) is 2. The molecule has 0 unspecified atom stereocenters. The molecule has 1 N–H and O–H groups in total. The Balaban J connectivity index is 2.11. The van der Waals surface area contributed by atoms with E-state index in [0.717, 1.165) is 16.2 Å². The summed E-state index contributed by atoms with van der Waals surface area (Å²) >= 11 is 1.71. The minimum absolute atomic E-state index is 0.0264. The average molecular weight is 342 g/mol. The first-order valence-electron chi connectivity index (χ1n) is 8.55. The van der Waals surface area contributed by atoms with Gasteiger partial charge < -0.3 is 5.32 Å². The largest absolute Gasteiger partial charge is 0.349 e. The number of nitrogens with one attached hydrogen (secondary N) is 1. The van der Waals surface area contributed by atoms with E-state index in [1.54, 1.807) is 11.8 Å². The molecule has 2 aromatic carbocycles. The molecule has 0 atom stereocenters. The van der Waals surface area contributed by atoms with Crippen molar-refractivity contribution in [3.05, 3.63) is 65.7 Å². The van der Waals surface area contributed by atoms with Crippen LogP contribution in [0, 0.1) is 11.8 Å². The van der Waals surface area contributed by atoms with Crippen molar-refractivity contribution in [2.75, 3.05) is 0 Å². The fraction of sp³-hybridized carbons (Fsp3) is 0.381. The molecule has 24 heavy (non-hydrogen) atoms. The molecule has 2 aromatic rings. The second kappa shape index (κ2) is 8.93. The minimum Gasteiger partial charge on any atom is -0.349 e. The van der Waals surface area contributed by atoms with Crippen molar-refractivity contribution in [3.8, 4) is 0 Å². The van der Waals surface area contributed by atoms with Crippen LogP contribution in [0.3, 0.4) is 0 Å². The predicted octanol–water partition coefficient (Wildman–Crippen LogP) is 5.39. The fourth-order valence-corrected chi connectivity index (χ4v) is 3.85. The summed E-state index contributed by atoms with van der Waals surface area (Å²) in [5.41, 5.74) is 2.03. The lowest BCUT2D eigenvalue weighted by Gasteiger charge is -2.26. The monoisotopic (exact) mass is 341 g/mol. The van der Waals surface area contributed by atoms with Crippen LogP contribution in [0.25, 0.3) is 0 Å². The van der Waals surface area contributed by atoms with E-state index in [9.17, 15) is 4.79 Å². The second-order valence-electron chi connectivity index (χ2n) is 6.76. The highest BCUT2D eigenvalue weighted by Crippen LogP contribution is 2.26. The molecular weight excluding hydrogens is 314 g/mol. The highest BCUT2D eigenvalue weighted by atomic mass is 32.2. The summed E-state index contributed by atoms with van der Waals surface area (Å²) in [6.45, 7) is 8.62. The number of amides is 1. The molecule has 128 valence electrons. The first-order valence-corrected chi connectivity index (χ1v) is 9.54. The Kier molecular flexibility index (Phi) is 6.92. The fourth-order valence-electron chi connectivity index (χ4n) is 2.85. The molecule has 0 radical (unpaired) electrons. The molecule has 0 aliphatic carbocycles. The third-order valence-electron chi connectivity index (χ3n) is 4.10. The SMILES string of the molecule is CC(C)C(NC(=O)c1ccccc1SCc1ccccc1)C(C)C. The van der Waals surface area contributed by atoms with E-state index >= 15 is 0 Å². The molecular formula is C21H27NOS. The van der Waals surface area contributed by atoms with Crippen LogP contribution in [0.1, 0.15) is 43.6 Å². The van der Waals surface area contributed by atoms with Crippen molar-refractivity contribution in [3.63, 3.8) is 0 Å². The predicted molar refractivity (Wildman–Crippen MR) is 103 cm³/mol. The quantitative estimate of drug-likeness (QED) is 0.684. The van der Waals surface area contributed by atoms with Gasteiger partial charge in [-0.25, -0.2) is 0 Å². The van der Waals surface area contributed by atoms with Crippen molar-refractivity contribution in [2.24, 2.45) is 11.8 Å². The molecule has 3 heteroatoms. The van der Waals surface area contributed by atoms with Crippen molar-refractivity contribution in [2.45, 2.75) is 44.4 Å². The third kappa shape index (κ3) is 5.13. The van der Waals surface area contributed by atoms with Crippen molar-refractivity contribution < 1.29 is 4.79 Å². The number of benzene rings is 2. The van der Waals surface area contributed by atoms with Crippen LogP contribution in [0.15, 0.2) is 59.5 Å². The molecule has 0 heterocycles. The number of carbonyl (C=O) groups excluding carboxylic acids is 1. The number of hydrogen-bond donors (Lipinski definition) is 1. The van der Waals surface area contributed by atoms with Crippen LogP contribution in [-0.2, 0) is 5.75 Å². The van der Waals surface area contributed by atoms with Gasteiger partial charge in [-0.1, -0.05) is 70.2 Å². The van der Waals surface area contributed by atoms with Crippen molar-refractivity contribution in [1.82, 2.24) is 5.32 Å². The van der Waals surface area contributed by atoms with Crippen molar-refractivity contribution in [1.29, 1.82) is 0 Å². The topological polar surface area (TPSA) is 29.1 Å². The smallest absolute Gasteiger partial charge is 0.252 e. The van der Waals surface area contributed by atoms with Crippen LogP contribution in [-0.4, -0.2) is 11.9 Å². The second-order valence-corrected chi connectivity index (χ2v) is 7.77. The molecule has 0 aliphatic heterocycles. The van der Waals surface area contributed by atoms with E-state index in [1.165, 1.54) is 5.56 Å². The maximum atomic E-state index is 12.8. The van der Waals surface area contributed by atoms with Gasteiger partial charge in [0, 0.05) is 16.7 Å². The van der Waals surface area contributed by atoms with Crippen LogP contribution >= 0.6 is 11.8 Å². The van der Waals surface area contributed by atoms with Crippen LogP contribution in [0.5, 0.6) is 0 Å².